The Balaban J connectivity index is 3.15. The van der Waals surface area contributed by atoms with Crippen molar-refractivity contribution < 1.29 is 43.2 Å². The van der Waals surface area contributed by atoms with Crippen molar-refractivity contribution in [1.82, 2.24) is 5.32 Å². The van der Waals surface area contributed by atoms with E-state index >= 15 is 0 Å². The van der Waals surface area contributed by atoms with Gasteiger partial charge in [-0.2, -0.15) is 0 Å². The Bertz CT molecular complexity index is 595. The molecule has 0 bridgehead atoms. The molecule has 1 rings (SSSR count). The number of rotatable bonds is 11. The van der Waals surface area contributed by atoms with Crippen LogP contribution in [0.25, 0.3) is 0 Å². The summed E-state index contributed by atoms with van der Waals surface area (Å²) in [7, 11) is 0. The number of esters is 3. The van der Waals surface area contributed by atoms with Crippen molar-refractivity contribution in [3.63, 3.8) is 0 Å². The minimum Gasteiger partial charge on any atom is -0.463 e. The van der Waals surface area contributed by atoms with Crippen LogP contribution in [0.4, 0.5) is 0 Å². The molecule has 0 aliphatic carbocycles. The van der Waals surface area contributed by atoms with Gasteiger partial charge in [-0.05, 0) is 19.3 Å². The fraction of sp³-hybridized carbons (Fsp3) is 0.800. The van der Waals surface area contributed by atoms with E-state index in [4.69, 9.17) is 18.9 Å². The number of ether oxygens (including phenoxy) is 4. The molecular weight excluding hydrogens is 398 g/mol. The second-order valence-corrected chi connectivity index (χ2v) is 7.13. The normalized spacial score (nSPS) is 25.8. The number of nitrogens with one attached hydrogen (secondary N) is 1. The maximum atomic E-state index is 12.2. The Morgan fingerprint density at radius 1 is 0.867 bits per heavy atom. The highest BCUT2D eigenvalue weighted by Crippen LogP contribution is 2.27. The third-order valence-electron chi connectivity index (χ3n) is 4.34. The van der Waals surface area contributed by atoms with E-state index in [0.717, 1.165) is 0 Å². The van der Waals surface area contributed by atoms with E-state index in [9.17, 15) is 24.3 Å². The van der Waals surface area contributed by atoms with E-state index in [2.05, 4.69) is 5.32 Å². The molecule has 30 heavy (non-hydrogen) atoms. The number of aliphatic hydroxyl groups is 1. The van der Waals surface area contributed by atoms with Gasteiger partial charge in [0.1, 0.15) is 18.8 Å². The van der Waals surface area contributed by atoms with Crippen molar-refractivity contribution in [3.05, 3.63) is 0 Å². The molecule has 0 radical (unpaired) electrons. The van der Waals surface area contributed by atoms with Crippen molar-refractivity contribution >= 4 is 23.8 Å². The fourth-order valence-corrected chi connectivity index (χ4v) is 3.01. The Morgan fingerprint density at radius 3 is 1.87 bits per heavy atom. The van der Waals surface area contributed by atoms with E-state index in [1.807, 2.05) is 6.92 Å². The van der Waals surface area contributed by atoms with E-state index in [-0.39, 0.29) is 25.9 Å². The Labute approximate surface area is 176 Å². The topological polar surface area (TPSA) is 137 Å². The van der Waals surface area contributed by atoms with Crippen molar-refractivity contribution in [1.29, 1.82) is 0 Å². The molecule has 1 aliphatic heterocycles. The summed E-state index contributed by atoms with van der Waals surface area (Å²) < 4.78 is 21.6. The van der Waals surface area contributed by atoms with E-state index in [1.165, 1.54) is 6.92 Å². The Kier molecular flexibility index (Phi) is 11.3. The highest BCUT2D eigenvalue weighted by molar-refractivity contribution is 5.74. The van der Waals surface area contributed by atoms with E-state index in [0.29, 0.717) is 19.3 Å². The van der Waals surface area contributed by atoms with Crippen molar-refractivity contribution in [2.75, 3.05) is 6.61 Å². The lowest BCUT2D eigenvalue weighted by Gasteiger charge is -2.43. The molecule has 0 saturated carbocycles. The lowest BCUT2D eigenvalue weighted by atomic mass is 9.96. The number of hydrogen-bond acceptors (Lipinski definition) is 9. The number of carbonyl (C=O) groups is 4. The standard InChI is InChI=1S/C20H33NO9/c1-5-8-14(23)27-11-13-18(29-15(24)9-6-2)19(30-16(25)10-7-3)17(20(26)28-13)21-12(4)22/h13,17-20,26H,5-11H2,1-4H3,(H,21,22)/t13-,17-,18+,19-,20?/m0/s1. The molecule has 1 amide bonds. The summed E-state index contributed by atoms with van der Waals surface area (Å²) >= 11 is 0. The van der Waals surface area contributed by atoms with Crippen LogP contribution in [-0.2, 0) is 38.1 Å². The quantitative estimate of drug-likeness (QED) is 0.362. The monoisotopic (exact) mass is 431 g/mol. The molecule has 2 N–H and O–H groups in total. The minimum absolute atomic E-state index is 0.103. The molecule has 10 heteroatoms. The van der Waals surface area contributed by atoms with Gasteiger partial charge in [0.15, 0.2) is 18.5 Å². The number of aliphatic hydroxyl groups excluding tert-OH is 1. The average Bonchev–Trinajstić information content (AvgIpc) is 2.65. The van der Waals surface area contributed by atoms with Crippen LogP contribution in [0.2, 0.25) is 0 Å². The van der Waals surface area contributed by atoms with Crippen LogP contribution in [0.3, 0.4) is 0 Å². The van der Waals surface area contributed by atoms with Gasteiger partial charge in [0.25, 0.3) is 0 Å². The maximum Gasteiger partial charge on any atom is 0.306 e. The van der Waals surface area contributed by atoms with Crippen LogP contribution in [0.15, 0.2) is 0 Å². The summed E-state index contributed by atoms with van der Waals surface area (Å²) in [5, 5.41) is 12.9. The maximum absolute atomic E-state index is 12.2. The first-order valence-electron chi connectivity index (χ1n) is 10.4. The molecule has 0 aromatic carbocycles. The first-order chi connectivity index (χ1) is 14.2. The van der Waals surface area contributed by atoms with Crippen LogP contribution >= 0.6 is 0 Å². The minimum atomic E-state index is -1.57. The van der Waals surface area contributed by atoms with Gasteiger partial charge in [-0.1, -0.05) is 20.8 Å². The molecule has 10 nitrogen and oxygen atoms in total. The highest BCUT2D eigenvalue weighted by Gasteiger charge is 2.50. The lowest BCUT2D eigenvalue weighted by molar-refractivity contribution is -0.265. The Hall–Kier alpha value is -2.20. The van der Waals surface area contributed by atoms with E-state index < -0.39 is 54.5 Å². The Morgan fingerprint density at radius 2 is 1.37 bits per heavy atom. The number of amides is 1. The SMILES string of the molecule is CCCC(=O)OC[C@@H]1OC(O)[C@@H](NC(C)=O)[C@H](OC(=O)CCC)[C@@H]1OC(=O)CCC. The molecule has 0 aromatic rings. The summed E-state index contributed by atoms with van der Waals surface area (Å²) in [6, 6.07) is -1.16. The second-order valence-electron chi connectivity index (χ2n) is 7.13. The van der Waals surface area contributed by atoms with Gasteiger partial charge in [-0.15, -0.1) is 0 Å². The van der Waals surface area contributed by atoms with Gasteiger partial charge in [0, 0.05) is 26.2 Å². The molecule has 1 heterocycles. The van der Waals surface area contributed by atoms with Crippen molar-refractivity contribution in [2.24, 2.45) is 0 Å². The summed E-state index contributed by atoms with van der Waals surface area (Å²) in [6.07, 6.45) is -2.99. The molecule has 1 aliphatic rings. The first-order valence-corrected chi connectivity index (χ1v) is 10.4. The van der Waals surface area contributed by atoms with Crippen molar-refractivity contribution in [3.8, 4) is 0 Å². The van der Waals surface area contributed by atoms with E-state index in [1.54, 1.807) is 13.8 Å². The summed E-state index contributed by atoms with van der Waals surface area (Å²) in [6.45, 7) is 6.33. The van der Waals surface area contributed by atoms with Crippen LogP contribution < -0.4 is 5.32 Å². The highest BCUT2D eigenvalue weighted by atomic mass is 16.7. The summed E-state index contributed by atoms with van der Waals surface area (Å²) in [5.74, 6) is -2.11. The lowest BCUT2D eigenvalue weighted by Crippen LogP contribution is -2.66. The van der Waals surface area contributed by atoms with Crippen molar-refractivity contribution in [2.45, 2.75) is 96.9 Å². The van der Waals surface area contributed by atoms with Crippen LogP contribution in [0.1, 0.15) is 66.2 Å². The molecular formula is C20H33NO9. The van der Waals surface area contributed by atoms with Crippen LogP contribution in [-0.4, -0.2) is 66.2 Å². The van der Waals surface area contributed by atoms with Gasteiger partial charge < -0.3 is 29.4 Å². The van der Waals surface area contributed by atoms with Gasteiger partial charge in [-0.3, -0.25) is 19.2 Å². The van der Waals surface area contributed by atoms with Gasteiger partial charge in [0.05, 0.1) is 0 Å². The zero-order chi connectivity index (χ0) is 22.7. The molecule has 5 atom stereocenters. The molecule has 1 saturated heterocycles. The molecule has 172 valence electrons. The summed E-state index contributed by atoms with van der Waals surface area (Å²) in [5.41, 5.74) is 0. The first kappa shape index (κ1) is 25.8. The largest absolute Gasteiger partial charge is 0.463 e. The van der Waals surface area contributed by atoms with Gasteiger partial charge in [0.2, 0.25) is 5.91 Å². The molecule has 0 spiro atoms. The molecule has 1 fully saturated rings. The van der Waals surface area contributed by atoms with Gasteiger partial charge in [-0.25, -0.2) is 0 Å². The fourth-order valence-electron chi connectivity index (χ4n) is 3.01. The molecule has 1 unspecified atom stereocenters. The van der Waals surface area contributed by atoms with Crippen LogP contribution in [0.5, 0.6) is 0 Å². The smallest absolute Gasteiger partial charge is 0.306 e. The predicted molar refractivity (Wildman–Crippen MR) is 104 cm³/mol. The predicted octanol–water partition coefficient (Wildman–Crippen LogP) is 0.975. The second kappa shape index (κ2) is 13.2. The number of carbonyl (C=O) groups excluding carboxylic acids is 4. The van der Waals surface area contributed by atoms with Crippen LogP contribution in [0, 0.1) is 0 Å². The number of hydrogen-bond donors (Lipinski definition) is 2. The third kappa shape index (κ3) is 8.27. The molecule has 0 aromatic heterocycles. The van der Waals surface area contributed by atoms with Gasteiger partial charge >= 0.3 is 17.9 Å². The zero-order valence-corrected chi connectivity index (χ0v) is 18.0. The summed E-state index contributed by atoms with van der Waals surface area (Å²) in [4.78, 5) is 47.8. The average molecular weight is 431 g/mol. The zero-order valence-electron chi connectivity index (χ0n) is 18.0. The third-order valence-corrected chi connectivity index (χ3v) is 4.34.